The van der Waals surface area contributed by atoms with Gasteiger partial charge in [-0.05, 0) is 6.07 Å². The zero-order valence-corrected chi connectivity index (χ0v) is 9.58. The van der Waals surface area contributed by atoms with Crippen molar-refractivity contribution in [1.29, 1.82) is 0 Å². The Balaban J connectivity index is 1.96. The Kier molecular flexibility index (Phi) is 2.37. The van der Waals surface area contributed by atoms with Gasteiger partial charge in [0.05, 0.1) is 24.3 Å². The molecule has 0 bridgehead atoms. The molecule has 0 radical (unpaired) electrons. The first-order valence-electron chi connectivity index (χ1n) is 5.65. The van der Waals surface area contributed by atoms with Gasteiger partial charge in [-0.15, -0.1) is 0 Å². The lowest BCUT2D eigenvalue weighted by Crippen LogP contribution is -2.20. The van der Waals surface area contributed by atoms with Crippen LogP contribution in [0, 0.1) is 0 Å². The lowest BCUT2D eigenvalue weighted by atomic mass is 9.98. The van der Waals surface area contributed by atoms with E-state index in [1.165, 1.54) is 0 Å². The predicted molar refractivity (Wildman–Crippen MR) is 62.6 cm³/mol. The monoisotopic (exact) mass is 230 g/mol. The van der Waals surface area contributed by atoms with Crippen LogP contribution >= 0.6 is 0 Å². The van der Waals surface area contributed by atoms with Crippen LogP contribution in [0.3, 0.4) is 0 Å². The van der Waals surface area contributed by atoms with Gasteiger partial charge >= 0.3 is 0 Å². The Hall–Kier alpha value is -1.81. The first-order chi connectivity index (χ1) is 8.25. The van der Waals surface area contributed by atoms with E-state index in [-0.39, 0.29) is 6.10 Å². The Morgan fingerprint density at radius 1 is 1.41 bits per heavy atom. The highest BCUT2D eigenvalue weighted by Crippen LogP contribution is 2.40. The van der Waals surface area contributed by atoms with Crippen LogP contribution in [0.25, 0.3) is 0 Å². The van der Waals surface area contributed by atoms with Crippen molar-refractivity contribution in [2.24, 2.45) is 7.05 Å². The maximum absolute atomic E-state index is 10.1. The van der Waals surface area contributed by atoms with E-state index in [1.807, 2.05) is 35.9 Å². The lowest BCUT2D eigenvalue weighted by molar-refractivity contribution is 0.0623. The van der Waals surface area contributed by atoms with E-state index in [2.05, 4.69) is 4.98 Å². The second kappa shape index (κ2) is 3.89. The zero-order chi connectivity index (χ0) is 11.8. The summed E-state index contributed by atoms with van der Waals surface area (Å²) in [6.45, 7) is 0. The maximum Gasteiger partial charge on any atom is 0.143 e. The molecule has 1 aromatic carbocycles. The van der Waals surface area contributed by atoms with Gasteiger partial charge in [0.25, 0.3) is 0 Å². The number of rotatable bonds is 1. The van der Waals surface area contributed by atoms with Crippen molar-refractivity contribution < 1.29 is 9.84 Å². The van der Waals surface area contributed by atoms with Gasteiger partial charge in [0.1, 0.15) is 11.9 Å². The summed E-state index contributed by atoms with van der Waals surface area (Å²) in [6, 6.07) is 7.62. The van der Waals surface area contributed by atoms with Crippen molar-refractivity contribution in [3.05, 3.63) is 48.0 Å². The number of nitrogens with zero attached hydrogens (tertiary/aromatic N) is 2. The summed E-state index contributed by atoms with van der Waals surface area (Å²) >= 11 is 0. The molecule has 1 aromatic heterocycles. The van der Waals surface area contributed by atoms with E-state index in [0.29, 0.717) is 6.42 Å². The second-order valence-electron chi connectivity index (χ2n) is 4.33. The Labute approximate surface area is 99.5 Å². The molecule has 4 heteroatoms. The van der Waals surface area contributed by atoms with Gasteiger partial charge in [0, 0.05) is 19.0 Å². The standard InChI is InChI=1S/C13H14N2O2/c1-15-8-14-7-10(15)13-6-11(16)9-4-2-3-5-12(9)17-13/h2-5,7-8,11,13,16H,6H2,1H3. The molecule has 4 nitrogen and oxygen atoms in total. The van der Waals surface area contributed by atoms with E-state index in [0.717, 1.165) is 17.0 Å². The minimum atomic E-state index is -0.472. The number of hydrogen-bond acceptors (Lipinski definition) is 3. The molecule has 0 aliphatic carbocycles. The van der Waals surface area contributed by atoms with Crippen molar-refractivity contribution in [3.63, 3.8) is 0 Å². The molecule has 0 spiro atoms. The molecule has 2 atom stereocenters. The summed E-state index contributed by atoms with van der Waals surface area (Å²) < 4.78 is 7.83. The average molecular weight is 230 g/mol. The Morgan fingerprint density at radius 2 is 2.24 bits per heavy atom. The molecule has 1 aliphatic heterocycles. The molecule has 2 unspecified atom stereocenters. The van der Waals surface area contributed by atoms with Gasteiger partial charge in [-0.3, -0.25) is 0 Å². The van der Waals surface area contributed by atoms with E-state index in [9.17, 15) is 5.11 Å². The highest BCUT2D eigenvalue weighted by Gasteiger charge is 2.29. The number of para-hydroxylation sites is 1. The third kappa shape index (κ3) is 1.70. The second-order valence-corrected chi connectivity index (χ2v) is 4.33. The van der Waals surface area contributed by atoms with Crippen molar-refractivity contribution in [1.82, 2.24) is 9.55 Å². The summed E-state index contributed by atoms with van der Waals surface area (Å²) in [5.74, 6) is 0.762. The molecule has 2 aromatic rings. The lowest BCUT2D eigenvalue weighted by Gasteiger charge is -2.29. The Bertz CT molecular complexity index is 536. The smallest absolute Gasteiger partial charge is 0.143 e. The number of fused-ring (bicyclic) bond motifs is 1. The fourth-order valence-electron chi connectivity index (χ4n) is 2.25. The van der Waals surface area contributed by atoms with Gasteiger partial charge in [-0.2, -0.15) is 0 Å². The highest BCUT2D eigenvalue weighted by molar-refractivity contribution is 5.37. The quantitative estimate of drug-likeness (QED) is 0.814. The number of benzene rings is 1. The van der Waals surface area contributed by atoms with Gasteiger partial charge in [-0.25, -0.2) is 4.98 Å². The molecule has 3 rings (SSSR count). The molecule has 2 heterocycles. The molecule has 0 saturated heterocycles. The van der Waals surface area contributed by atoms with E-state index >= 15 is 0 Å². The van der Waals surface area contributed by atoms with Crippen LogP contribution in [0.2, 0.25) is 0 Å². The van der Waals surface area contributed by atoms with Crippen LogP contribution in [-0.4, -0.2) is 14.7 Å². The van der Waals surface area contributed by atoms with Crippen molar-refractivity contribution in [2.45, 2.75) is 18.6 Å². The van der Waals surface area contributed by atoms with Gasteiger partial charge < -0.3 is 14.4 Å². The molecule has 1 N–H and O–H groups in total. The summed E-state index contributed by atoms with van der Waals surface area (Å²) in [5, 5.41) is 10.1. The summed E-state index contributed by atoms with van der Waals surface area (Å²) in [6.07, 6.45) is 3.49. The molecule has 88 valence electrons. The number of aliphatic hydroxyl groups excluding tert-OH is 1. The first-order valence-corrected chi connectivity index (χ1v) is 5.65. The fraction of sp³-hybridized carbons (Fsp3) is 0.308. The van der Waals surface area contributed by atoms with Crippen LogP contribution < -0.4 is 4.74 Å². The number of hydrogen-bond donors (Lipinski definition) is 1. The first kappa shape index (κ1) is 10.4. The van der Waals surface area contributed by atoms with Crippen LogP contribution in [0.1, 0.15) is 29.9 Å². The molecular weight excluding hydrogens is 216 g/mol. The minimum Gasteiger partial charge on any atom is -0.484 e. The van der Waals surface area contributed by atoms with Crippen LogP contribution in [0.4, 0.5) is 0 Å². The molecule has 0 fully saturated rings. The highest BCUT2D eigenvalue weighted by atomic mass is 16.5. The van der Waals surface area contributed by atoms with E-state index in [1.54, 1.807) is 12.5 Å². The SMILES string of the molecule is Cn1cncc1C1CC(O)c2ccccc2O1. The van der Waals surface area contributed by atoms with Gasteiger partial charge in [0.2, 0.25) is 0 Å². The maximum atomic E-state index is 10.1. The van der Waals surface area contributed by atoms with Crippen molar-refractivity contribution in [2.75, 3.05) is 0 Å². The number of imidazole rings is 1. The third-order valence-electron chi connectivity index (χ3n) is 3.17. The zero-order valence-electron chi connectivity index (χ0n) is 9.58. The number of aliphatic hydroxyl groups is 1. The predicted octanol–water partition coefficient (Wildman–Crippen LogP) is 1.98. The van der Waals surface area contributed by atoms with Crippen LogP contribution in [-0.2, 0) is 7.05 Å². The number of aromatic nitrogens is 2. The van der Waals surface area contributed by atoms with Gasteiger partial charge in [0.15, 0.2) is 0 Å². The Morgan fingerprint density at radius 3 is 3.00 bits per heavy atom. The van der Waals surface area contributed by atoms with Crippen molar-refractivity contribution in [3.8, 4) is 5.75 Å². The molecule has 0 amide bonds. The number of ether oxygens (including phenoxy) is 1. The molecule has 0 saturated carbocycles. The third-order valence-corrected chi connectivity index (χ3v) is 3.17. The van der Waals surface area contributed by atoms with Crippen LogP contribution in [0.15, 0.2) is 36.8 Å². The van der Waals surface area contributed by atoms with E-state index in [4.69, 9.17) is 4.74 Å². The fourth-order valence-corrected chi connectivity index (χ4v) is 2.25. The largest absolute Gasteiger partial charge is 0.484 e. The van der Waals surface area contributed by atoms with E-state index < -0.39 is 6.10 Å². The minimum absolute atomic E-state index is 0.132. The summed E-state index contributed by atoms with van der Waals surface area (Å²) in [5.41, 5.74) is 1.85. The molecule has 1 aliphatic rings. The number of aryl methyl sites for hydroxylation is 1. The normalized spacial score (nSPS) is 22.9. The van der Waals surface area contributed by atoms with Gasteiger partial charge in [-0.1, -0.05) is 18.2 Å². The topological polar surface area (TPSA) is 47.3 Å². The molecular formula is C13H14N2O2. The van der Waals surface area contributed by atoms with Crippen molar-refractivity contribution >= 4 is 0 Å². The average Bonchev–Trinajstić information content (AvgIpc) is 2.75. The molecule has 17 heavy (non-hydrogen) atoms. The summed E-state index contributed by atoms with van der Waals surface area (Å²) in [4.78, 5) is 4.08. The van der Waals surface area contributed by atoms with Crippen LogP contribution in [0.5, 0.6) is 5.75 Å². The summed E-state index contributed by atoms with van der Waals surface area (Å²) in [7, 11) is 1.93.